The summed E-state index contributed by atoms with van der Waals surface area (Å²) in [6, 6.07) is 26.9. The molecule has 0 aliphatic heterocycles. The first-order valence-electron chi connectivity index (χ1n) is 9.71. The van der Waals surface area contributed by atoms with Crippen molar-refractivity contribution in [1.29, 1.82) is 0 Å². The van der Waals surface area contributed by atoms with Gasteiger partial charge in [0.1, 0.15) is 18.0 Å². The van der Waals surface area contributed by atoms with Crippen LogP contribution in [-0.4, -0.2) is 15.3 Å². The number of imidazole rings is 1. The lowest BCUT2D eigenvalue weighted by Gasteiger charge is -2.10. The Balaban J connectivity index is 1.32. The van der Waals surface area contributed by atoms with Crippen molar-refractivity contribution in [3.63, 3.8) is 0 Å². The lowest BCUT2D eigenvalue weighted by atomic mass is 10.1. The molecule has 146 valence electrons. The third-order valence-electron chi connectivity index (χ3n) is 4.93. The van der Waals surface area contributed by atoms with Crippen molar-refractivity contribution in [2.24, 2.45) is 0 Å². The molecule has 5 nitrogen and oxygen atoms in total. The van der Waals surface area contributed by atoms with E-state index in [1.807, 2.05) is 89.6 Å². The quantitative estimate of drug-likeness (QED) is 0.440. The second-order valence-corrected chi connectivity index (χ2v) is 7.00. The molecular weight excluding hydrogens is 374 g/mol. The van der Waals surface area contributed by atoms with Crippen molar-refractivity contribution in [3.8, 4) is 5.75 Å². The van der Waals surface area contributed by atoms with Gasteiger partial charge >= 0.3 is 0 Å². The van der Waals surface area contributed by atoms with Crippen LogP contribution in [0, 0.1) is 0 Å². The van der Waals surface area contributed by atoms with Crippen molar-refractivity contribution in [3.05, 3.63) is 109 Å². The summed E-state index contributed by atoms with van der Waals surface area (Å²) in [4.78, 5) is 17.3. The van der Waals surface area contributed by atoms with Crippen LogP contribution in [0.5, 0.6) is 5.75 Å². The van der Waals surface area contributed by atoms with Gasteiger partial charge in [-0.05, 0) is 41.8 Å². The fourth-order valence-corrected chi connectivity index (χ4v) is 3.47. The second kappa shape index (κ2) is 7.72. The molecule has 3 aromatic carbocycles. The normalized spacial score (nSPS) is 10.9. The Morgan fingerprint density at radius 2 is 1.77 bits per heavy atom. The summed E-state index contributed by atoms with van der Waals surface area (Å²) >= 11 is 0. The summed E-state index contributed by atoms with van der Waals surface area (Å²) in [5.74, 6) is 0.446. The van der Waals surface area contributed by atoms with Gasteiger partial charge < -0.3 is 14.5 Å². The Bertz CT molecular complexity index is 1320. The molecule has 5 rings (SSSR count). The molecule has 2 aromatic heterocycles. The maximum absolute atomic E-state index is 12.8. The lowest BCUT2D eigenvalue weighted by Crippen LogP contribution is -2.12. The van der Waals surface area contributed by atoms with Gasteiger partial charge in [-0.15, -0.1) is 0 Å². The van der Waals surface area contributed by atoms with E-state index in [0.29, 0.717) is 17.9 Å². The van der Waals surface area contributed by atoms with Crippen LogP contribution in [-0.2, 0) is 6.61 Å². The van der Waals surface area contributed by atoms with Crippen LogP contribution in [0.4, 0.5) is 5.69 Å². The van der Waals surface area contributed by atoms with E-state index in [1.165, 1.54) is 0 Å². The molecular formula is C25H19N3O2. The molecule has 0 unspecified atom stereocenters. The molecule has 0 saturated carbocycles. The van der Waals surface area contributed by atoms with Crippen LogP contribution in [0.25, 0.3) is 16.4 Å². The third-order valence-corrected chi connectivity index (χ3v) is 4.93. The van der Waals surface area contributed by atoms with Crippen LogP contribution in [0.3, 0.4) is 0 Å². The first kappa shape index (κ1) is 17.9. The number of fused-ring (bicyclic) bond motifs is 2. The minimum Gasteiger partial charge on any atom is -0.487 e. The zero-order valence-electron chi connectivity index (χ0n) is 16.2. The highest BCUT2D eigenvalue weighted by Crippen LogP contribution is 2.24. The molecule has 0 aliphatic carbocycles. The number of amides is 1. The van der Waals surface area contributed by atoms with Gasteiger partial charge in [-0.1, -0.05) is 48.5 Å². The van der Waals surface area contributed by atoms with Crippen LogP contribution in [0.2, 0.25) is 0 Å². The highest BCUT2D eigenvalue weighted by atomic mass is 16.5. The number of carbonyl (C=O) groups excluding carboxylic acids is 1. The molecule has 0 fully saturated rings. The highest BCUT2D eigenvalue weighted by molar-refractivity contribution is 6.09. The summed E-state index contributed by atoms with van der Waals surface area (Å²) in [6.07, 6.45) is 3.89. The Kier molecular flexibility index (Phi) is 4.62. The predicted octanol–water partition coefficient (Wildman–Crippen LogP) is 5.32. The smallest absolute Gasteiger partial charge is 0.255 e. The minimum absolute atomic E-state index is 0.176. The number of nitrogens with one attached hydrogen (secondary N) is 1. The topological polar surface area (TPSA) is 55.6 Å². The maximum atomic E-state index is 12.8. The Hall–Kier alpha value is -4.12. The molecule has 1 amide bonds. The first-order valence-corrected chi connectivity index (χ1v) is 9.71. The molecule has 0 spiro atoms. The molecule has 1 N–H and O–H groups in total. The first-order chi connectivity index (χ1) is 14.8. The van der Waals surface area contributed by atoms with Crippen molar-refractivity contribution in [2.45, 2.75) is 6.61 Å². The minimum atomic E-state index is -0.176. The zero-order valence-corrected chi connectivity index (χ0v) is 16.2. The molecule has 2 heterocycles. The van der Waals surface area contributed by atoms with E-state index in [4.69, 9.17) is 4.74 Å². The number of hydrogen-bond acceptors (Lipinski definition) is 3. The van der Waals surface area contributed by atoms with Gasteiger partial charge in [0.15, 0.2) is 0 Å². The summed E-state index contributed by atoms with van der Waals surface area (Å²) in [5, 5.41) is 5.10. The number of aromatic nitrogens is 2. The maximum Gasteiger partial charge on any atom is 0.255 e. The lowest BCUT2D eigenvalue weighted by molar-refractivity contribution is 0.102. The number of anilines is 1. The number of benzene rings is 3. The summed E-state index contributed by atoms with van der Waals surface area (Å²) in [5.41, 5.74) is 3.02. The van der Waals surface area contributed by atoms with Crippen molar-refractivity contribution >= 4 is 28.0 Å². The summed E-state index contributed by atoms with van der Waals surface area (Å²) in [6.45, 7) is 0.329. The fraction of sp³-hybridized carbons (Fsp3) is 0.0400. The monoisotopic (exact) mass is 393 g/mol. The zero-order chi connectivity index (χ0) is 20.3. The van der Waals surface area contributed by atoms with Crippen molar-refractivity contribution in [1.82, 2.24) is 9.38 Å². The Morgan fingerprint density at radius 1 is 0.933 bits per heavy atom. The van der Waals surface area contributed by atoms with Crippen LogP contribution >= 0.6 is 0 Å². The highest BCUT2D eigenvalue weighted by Gasteiger charge is 2.10. The number of pyridine rings is 1. The SMILES string of the molecule is O=C(Nc1cccc2ccccc12)c1cccc(OCc2cn3ccccc3n2)c1. The fourth-order valence-electron chi connectivity index (χ4n) is 3.47. The molecule has 0 bridgehead atoms. The molecule has 0 aliphatic rings. The Morgan fingerprint density at radius 3 is 2.70 bits per heavy atom. The summed E-state index contributed by atoms with van der Waals surface area (Å²) in [7, 11) is 0. The summed E-state index contributed by atoms with van der Waals surface area (Å²) < 4.78 is 7.83. The largest absolute Gasteiger partial charge is 0.487 e. The van der Waals surface area contributed by atoms with E-state index in [9.17, 15) is 4.79 Å². The van der Waals surface area contributed by atoms with Crippen LogP contribution in [0.1, 0.15) is 16.1 Å². The average molecular weight is 393 g/mol. The van der Waals surface area contributed by atoms with Crippen LogP contribution < -0.4 is 10.1 Å². The number of rotatable bonds is 5. The second-order valence-electron chi connectivity index (χ2n) is 7.00. The third kappa shape index (κ3) is 3.61. The van der Waals surface area contributed by atoms with Crippen molar-refractivity contribution < 1.29 is 9.53 Å². The predicted molar refractivity (Wildman–Crippen MR) is 118 cm³/mol. The number of ether oxygens (including phenoxy) is 1. The van der Waals surface area contributed by atoms with Crippen molar-refractivity contribution in [2.75, 3.05) is 5.32 Å². The molecule has 5 heteroatoms. The van der Waals surface area contributed by atoms with Gasteiger partial charge in [-0.3, -0.25) is 4.79 Å². The van der Waals surface area contributed by atoms with Gasteiger partial charge in [-0.2, -0.15) is 0 Å². The van der Waals surface area contributed by atoms with Gasteiger partial charge in [0.25, 0.3) is 5.91 Å². The van der Waals surface area contributed by atoms with E-state index < -0.39 is 0 Å². The molecule has 30 heavy (non-hydrogen) atoms. The number of carbonyl (C=O) groups is 1. The van der Waals surface area contributed by atoms with E-state index in [1.54, 1.807) is 12.1 Å². The molecule has 0 radical (unpaired) electrons. The van der Waals surface area contributed by atoms with E-state index in [2.05, 4.69) is 10.3 Å². The van der Waals surface area contributed by atoms with Gasteiger partial charge in [0.05, 0.1) is 5.69 Å². The van der Waals surface area contributed by atoms with E-state index in [-0.39, 0.29) is 5.91 Å². The van der Waals surface area contributed by atoms with Gasteiger partial charge in [-0.25, -0.2) is 4.98 Å². The standard InChI is InChI=1S/C25H19N3O2/c29-25(27-23-12-6-8-18-7-1-2-11-22(18)23)19-9-5-10-21(15-19)30-17-20-16-28-14-4-3-13-24(28)26-20/h1-16H,17H2,(H,27,29). The Labute approximate surface area is 173 Å². The van der Waals surface area contributed by atoms with E-state index in [0.717, 1.165) is 27.8 Å². The van der Waals surface area contributed by atoms with E-state index >= 15 is 0 Å². The number of nitrogens with zero attached hydrogens (tertiary/aromatic N) is 2. The van der Waals surface area contributed by atoms with Gasteiger partial charge in [0, 0.05) is 29.0 Å². The number of hydrogen-bond donors (Lipinski definition) is 1. The van der Waals surface area contributed by atoms with Gasteiger partial charge in [0.2, 0.25) is 0 Å². The van der Waals surface area contributed by atoms with Crippen LogP contribution in [0.15, 0.2) is 97.3 Å². The average Bonchev–Trinajstić information content (AvgIpc) is 3.21. The molecule has 0 atom stereocenters. The molecule has 0 saturated heterocycles. The molecule has 5 aromatic rings.